The summed E-state index contributed by atoms with van der Waals surface area (Å²) >= 11 is 1.90. The summed E-state index contributed by atoms with van der Waals surface area (Å²) in [7, 11) is 4.25. The molecule has 2 atom stereocenters. The van der Waals surface area contributed by atoms with Crippen molar-refractivity contribution in [3.05, 3.63) is 16.1 Å². The maximum Gasteiger partial charge on any atom is 0.0930 e. The fourth-order valence-electron chi connectivity index (χ4n) is 2.63. The second kappa shape index (κ2) is 6.64. The molecule has 0 aliphatic carbocycles. The monoisotopic (exact) mass is 267 g/mol. The summed E-state index contributed by atoms with van der Waals surface area (Å²) in [5.74, 6) is 0.810. The molecule has 18 heavy (non-hydrogen) atoms. The molecule has 3 nitrogen and oxygen atoms in total. The van der Waals surface area contributed by atoms with Crippen molar-refractivity contribution in [2.24, 2.45) is 5.92 Å². The van der Waals surface area contributed by atoms with E-state index in [1.807, 2.05) is 18.4 Å². The molecular weight excluding hydrogens is 242 g/mol. The molecule has 0 bridgehead atoms. The van der Waals surface area contributed by atoms with E-state index in [0.717, 1.165) is 12.3 Å². The van der Waals surface area contributed by atoms with Gasteiger partial charge in [0, 0.05) is 30.1 Å². The van der Waals surface area contributed by atoms with E-state index in [1.165, 1.54) is 42.2 Å². The van der Waals surface area contributed by atoms with Crippen LogP contribution in [0.4, 0.5) is 0 Å². The van der Waals surface area contributed by atoms with Gasteiger partial charge in [0.2, 0.25) is 0 Å². The van der Waals surface area contributed by atoms with Crippen LogP contribution >= 0.6 is 11.3 Å². The number of aromatic nitrogens is 1. The summed E-state index contributed by atoms with van der Waals surface area (Å²) in [5, 5.41) is 4.61. The summed E-state index contributed by atoms with van der Waals surface area (Å²) < 4.78 is 0. The van der Waals surface area contributed by atoms with Crippen molar-refractivity contribution < 1.29 is 0 Å². The van der Waals surface area contributed by atoms with E-state index in [1.54, 1.807) is 0 Å². The van der Waals surface area contributed by atoms with Crippen LogP contribution in [0.1, 0.15) is 29.7 Å². The molecule has 1 aliphatic rings. The summed E-state index contributed by atoms with van der Waals surface area (Å²) in [6.45, 7) is 4.72. The van der Waals surface area contributed by atoms with Gasteiger partial charge in [-0.3, -0.25) is 0 Å². The van der Waals surface area contributed by atoms with Crippen LogP contribution in [0.3, 0.4) is 0 Å². The van der Waals surface area contributed by atoms with Gasteiger partial charge in [-0.25, -0.2) is 4.98 Å². The molecule has 4 heteroatoms. The van der Waals surface area contributed by atoms with Gasteiger partial charge in [0.15, 0.2) is 0 Å². The zero-order valence-electron chi connectivity index (χ0n) is 11.8. The van der Waals surface area contributed by atoms with Crippen molar-refractivity contribution in [2.75, 3.05) is 27.2 Å². The van der Waals surface area contributed by atoms with Crippen LogP contribution in [0.25, 0.3) is 0 Å². The van der Waals surface area contributed by atoms with Gasteiger partial charge in [-0.05, 0) is 52.7 Å². The van der Waals surface area contributed by atoms with Crippen molar-refractivity contribution in [2.45, 2.75) is 38.6 Å². The molecule has 0 aromatic carbocycles. The lowest BCUT2D eigenvalue weighted by molar-refractivity contribution is 0.209. The fraction of sp³-hybridized carbons (Fsp3) is 0.786. The Labute approximate surface area is 115 Å². The summed E-state index contributed by atoms with van der Waals surface area (Å²) in [5.41, 5.74) is 0. The van der Waals surface area contributed by atoms with E-state index in [4.69, 9.17) is 0 Å². The second-order valence-electron chi connectivity index (χ2n) is 5.59. The Morgan fingerprint density at radius 3 is 3.17 bits per heavy atom. The number of nitrogens with zero attached hydrogens (tertiary/aromatic N) is 2. The topological polar surface area (TPSA) is 28.2 Å². The Morgan fingerprint density at radius 1 is 1.61 bits per heavy atom. The highest BCUT2D eigenvalue weighted by atomic mass is 32.1. The largest absolute Gasteiger partial charge is 0.317 e. The maximum atomic E-state index is 4.59. The van der Waals surface area contributed by atoms with E-state index >= 15 is 0 Å². The van der Waals surface area contributed by atoms with E-state index < -0.39 is 0 Å². The fourth-order valence-corrected chi connectivity index (χ4v) is 3.79. The minimum Gasteiger partial charge on any atom is -0.317 e. The van der Waals surface area contributed by atoms with Gasteiger partial charge in [0.05, 0.1) is 5.01 Å². The molecule has 2 unspecified atom stereocenters. The Hall–Kier alpha value is -0.450. The molecule has 1 saturated heterocycles. The van der Waals surface area contributed by atoms with Crippen LogP contribution in [0.2, 0.25) is 0 Å². The number of likely N-dealkylation sites (N-methyl/N-ethyl adjacent to an activating group) is 1. The van der Waals surface area contributed by atoms with Gasteiger partial charge in [0.1, 0.15) is 0 Å². The van der Waals surface area contributed by atoms with Crippen LogP contribution in [-0.4, -0.2) is 43.1 Å². The lowest BCUT2D eigenvalue weighted by Crippen LogP contribution is -2.32. The minimum absolute atomic E-state index is 0.541. The highest BCUT2D eigenvalue weighted by Gasteiger charge is 2.18. The van der Waals surface area contributed by atoms with Crippen molar-refractivity contribution in [3.8, 4) is 0 Å². The Balaban J connectivity index is 1.86. The third kappa shape index (κ3) is 4.04. The quantitative estimate of drug-likeness (QED) is 0.886. The molecular formula is C14H25N3S. The predicted molar refractivity (Wildman–Crippen MR) is 78.3 cm³/mol. The molecule has 0 radical (unpaired) electrons. The second-order valence-corrected chi connectivity index (χ2v) is 6.79. The highest BCUT2D eigenvalue weighted by Crippen LogP contribution is 2.23. The van der Waals surface area contributed by atoms with Crippen LogP contribution in [0, 0.1) is 5.92 Å². The molecule has 0 amide bonds. The number of likely N-dealkylation sites (tertiary alicyclic amines) is 1. The van der Waals surface area contributed by atoms with Gasteiger partial charge >= 0.3 is 0 Å². The molecule has 2 heterocycles. The van der Waals surface area contributed by atoms with Crippen molar-refractivity contribution in [3.63, 3.8) is 0 Å². The lowest BCUT2D eigenvalue weighted by Gasteiger charge is -2.29. The van der Waals surface area contributed by atoms with Crippen molar-refractivity contribution >= 4 is 11.3 Å². The van der Waals surface area contributed by atoms with E-state index in [9.17, 15) is 0 Å². The summed E-state index contributed by atoms with van der Waals surface area (Å²) in [4.78, 5) is 8.46. The van der Waals surface area contributed by atoms with Gasteiger partial charge < -0.3 is 10.2 Å². The number of hydrogen-bond acceptors (Lipinski definition) is 4. The zero-order valence-corrected chi connectivity index (χ0v) is 12.6. The highest BCUT2D eigenvalue weighted by molar-refractivity contribution is 7.11. The molecule has 0 spiro atoms. The Morgan fingerprint density at radius 2 is 2.44 bits per heavy atom. The number of hydrogen-bond donors (Lipinski definition) is 1. The van der Waals surface area contributed by atoms with Gasteiger partial charge in [0.25, 0.3) is 0 Å². The molecule has 2 rings (SSSR count). The third-order valence-electron chi connectivity index (χ3n) is 3.79. The molecule has 1 aliphatic heterocycles. The molecule has 1 fully saturated rings. The average molecular weight is 267 g/mol. The van der Waals surface area contributed by atoms with Crippen molar-refractivity contribution in [1.82, 2.24) is 15.2 Å². The Kier molecular flexibility index (Phi) is 5.15. The summed E-state index contributed by atoms with van der Waals surface area (Å²) in [6.07, 6.45) is 7.05. The van der Waals surface area contributed by atoms with E-state index in [-0.39, 0.29) is 0 Å². The van der Waals surface area contributed by atoms with Gasteiger partial charge in [-0.1, -0.05) is 0 Å². The first-order valence-corrected chi connectivity index (χ1v) is 7.78. The number of nitrogens with one attached hydrogen (secondary N) is 1. The number of piperidine rings is 1. The van der Waals surface area contributed by atoms with E-state index in [2.05, 4.69) is 35.4 Å². The third-order valence-corrected chi connectivity index (χ3v) is 4.83. The molecule has 0 saturated carbocycles. The van der Waals surface area contributed by atoms with Gasteiger partial charge in [-0.2, -0.15) is 0 Å². The normalized spacial score (nSPS) is 23.2. The average Bonchev–Trinajstić information content (AvgIpc) is 2.76. The minimum atomic E-state index is 0.541. The standard InChI is InChI=1S/C14H25N3S/c1-11(15-2)7-13-9-16-14(18-13)8-12-5-4-6-17(3)10-12/h9,11-12,15H,4-8,10H2,1-3H3. The zero-order chi connectivity index (χ0) is 13.0. The number of thiazole rings is 1. The van der Waals surface area contributed by atoms with Gasteiger partial charge in [-0.15, -0.1) is 11.3 Å². The van der Waals surface area contributed by atoms with Crippen LogP contribution < -0.4 is 5.32 Å². The van der Waals surface area contributed by atoms with Crippen molar-refractivity contribution in [1.29, 1.82) is 0 Å². The molecule has 1 N–H and O–H groups in total. The smallest absolute Gasteiger partial charge is 0.0930 e. The van der Waals surface area contributed by atoms with E-state index in [0.29, 0.717) is 6.04 Å². The molecule has 1 aromatic heterocycles. The SMILES string of the molecule is CNC(C)Cc1cnc(CC2CCCN(C)C2)s1. The first-order valence-electron chi connectivity index (χ1n) is 6.96. The lowest BCUT2D eigenvalue weighted by atomic mass is 9.95. The first kappa shape index (κ1) is 14.0. The maximum absolute atomic E-state index is 4.59. The Bertz CT molecular complexity index is 364. The molecule has 1 aromatic rings. The molecule has 102 valence electrons. The first-order chi connectivity index (χ1) is 8.67. The van der Waals surface area contributed by atoms with Crippen LogP contribution in [0.5, 0.6) is 0 Å². The number of rotatable bonds is 5. The van der Waals surface area contributed by atoms with Crippen LogP contribution in [-0.2, 0) is 12.8 Å². The summed E-state index contributed by atoms with van der Waals surface area (Å²) in [6, 6.07) is 0.541. The van der Waals surface area contributed by atoms with Crippen LogP contribution in [0.15, 0.2) is 6.20 Å². The predicted octanol–water partition coefficient (Wildman–Crippen LogP) is 2.18.